The number of thiazole rings is 1. The molecule has 0 unspecified atom stereocenters. The van der Waals surface area contributed by atoms with E-state index < -0.39 is 5.91 Å². The van der Waals surface area contributed by atoms with E-state index in [4.69, 9.17) is 41.2 Å². The fourth-order valence-corrected chi connectivity index (χ4v) is 4.88. The Morgan fingerprint density at radius 2 is 2.15 bits per heavy atom. The SMILES string of the molecule is NC(=O)CCN1C(=O)/C(=C/c2cnc(-c3cc(Cl)ccc3Cl)s2)SC1=S. The molecule has 1 fully saturated rings. The van der Waals surface area contributed by atoms with E-state index in [0.29, 0.717) is 24.3 Å². The number of thioether (sulfide) groups is 1. The summed E-state index contributed by atoms with van der Waals surface area (Å²) in [5.41, 5.74) is 5.87. The molecule has 1 aliphatic heterocycles. The zero-order valence-electron chi connectivity index (χ0n) is 13.1. The molecule has 2 heterocycles. The third-order valence-electron chi connectivity index (χ3n) is 3.41. The van der Waals surface area contributed by atoms with Crippen LogP contribution in [0.2, 0.25) is 10.0 Å². The van der Waals surface area contributed by atoms with E-state index in [0.717, 1.165) is 10.4 Å². The second-order valence-corrected chi connectivity index (χ2v) is 8.82. The Balaban J connectivity index is 1.82. The summed E-state index contributed by atoms with van der Waals surface area (Å²) in [4.78, 5) is 30.4. The van der Waals surface area contributed by atoms with Crippen molar-refractivity contribution in [3.63, 3.8) is 0 Å². The van der Waals surface area contributed by atoms with Gasteiger partial charge in [-0.1, -0.05) is 47.2 Å². The summed E-state index contributed by atoms with van der Waals surface area (Å²) in [5.74, 6) is -0.717. The number of aromatic nitrogens is 1. The molecule has 0 bridgehead atoms. The number of hydrogen-bond donors (Lipinski definition) is 1. The number of hydrogen-bond acceptors (Lipinski definition) is 6. The summed E-state index contributed by atoms with van der Waals surface area (Å²) in [6.07, 6.45) is 3.45. The van der Waals surface area contributed by atoms with Crippen LogP contribution in [-0.4, -0.2) is 32.6 Å². The van der Waals surface area contributed by atoms with E-state index in [-0.39, 0.29) is 18.9 Å². The van der Waals surface area contributed by atoms with Crippen molar-refractivity contribution in [2.45, 2.75) is 6.42 Å². The third-order valence-corrected chi connectivity index (χ3v) is 6.33. The Hall–Kier alpha value is -1.45. The maximum absolute atomic E-state index is 12.5. The predicted octanol–water partition coefficient (Wildman–Crippen LogP) is 4.19. The number of rotatable bonds is 5. The Bertz CT molecular complexity index is 943. The Kier molecular flexibility index (Phi) is 5.99. The molecule has 1 aliphatic rings. The van der Waals surface area contributed by atoms with Gasteiger partial charge in [0.05, 0.1) is 9.93 Å². The van der Waals surface area contributed by atoms with Gasteiger partial charge in [0.1, 0.15) is 9.33 Å². The summed E-state index contributed by atoms with van der Waals surface area (Å²) in [6.45, 7) is 0.184. The Morgan fingerprint density at radius 1 is 1.38 bits per heavy atom. The monoisotopic (exact) mass is 443 g/mol. The molecule has 1 saturated heterocycles. The first-order chi connectivity index (χ1) is 12.3. The summed E-state index contributed by atoms with van der Waals surface area (Å²) < 4.78 is 0.408. The van der Waals surface area contributed by atoms with Gasteiger partial charge in [0.2, 0.25) is 5.91 Å². The number of thiocarbonyl (C=S) groups is 1. The van der Waals surface area contributed by atoms with Gasteiger partial charge in [0.25, 0.3) is 5.91 Å². The van der Waals surface area contributed by atoms with Crippen molar-refractivity contribution in [2.24, 2.45) is 5.73 Å². The van der Waals surface area contributed by atoms with Gasteiger partial charge in [-0.25, -0.2) is 4.98 Å². The van der Waals surface area contributed by atoms with E-state index in [2.05, 4.69) is 4.98 Å². The molecule has 1 aromatic carbocycles. The first-order valence-corrected chi connectivity index (χ1v) is 10.1. The molecule has 1 aromatic heterocycles. The van der Waals surface area contributed by atoms with Gasteiger partial charge in [-0.05, 0) is 24.3 Å². The number of halogens is 2. The van der Waals surface area contributed by atoms with E-state index in [9.17, 15) is 9.59 Å². The number of benzene rings is 1. The van der Waals surface area contributed by atoms with Crippen LogP contribution >= 0.6 is 58.5 Å². The highest BCUT2D eigenvalue weighted by molar-refractivity contribution is 8.26. The Labute approximate surface area is 173 Å². The molecular weight excluding hydrogens is 433 g/mol. The molecule has 134 valence electrons. The number of carbonyl (C=O) groups is 2. The van der Waals surface area contributed by atoms with Crippen LogP contribution in [0.15, 0.2) is 29.3 Å². The highest BCUT2D eigenvalue weighted by Gasteiger charge is 2.32. The van der Waals surface area contributed by atoms with Gasteiger partial charge >= 0.3 is 0 Å². The molecule has 2 N–H and O–H groups in total. The van der Waals surface area contributed by atoms with Crippen molar-refractivity contribution in [2.75, 3.05) is 6.54 Å². The normalized spacial score (nSPS) is 15.9. The van der Waals surface area contributed by atoms with Crippen LogP contribution in [-0.2, 0) is 9.59 Å². The molecule has 0 aliphatic carbocycles. The van der Waals surface area contributed by atoms with Crippen LogP contribution in [0.25, 0.3) is 16.6 Å². The van der Waals surface area contributed by atoms with E-state index >= 15 is 0 Å². The topological polar surface area (TPSA) is 76.3 Å². The molecule has 2 amide bonds. The number of nitrogens with zero attached hydrogens (tertiary/aromatic N) is 2. The summed E-state index contributed by atoms with van der Waals surface area (Å²) in [6, 6.07) is 5.17. The second-order valence-electron chi connectivity index (χ2n) is 5.24. The third kappa shape index (κ3) is 4.27. The van der Waals surface area contributed by atoms with Crippen LogP contribution < -0.4 is 5.73 Å². The smallest absolute Gasteiger partial charge is 0.266 e. The fourth-order valence-electron chi connectivity index (χ4n) is 2.18. The van der Waals surface area contributed by atoms with Crippen molar-refractivity contribution in [1.29, 1.82) is 0 Å². The zero-order chi connectivity index (χ0) is 18.8. The van der Waals surface area contributed by atoms with Gasteiger partial charge in [-0.3, -0.25) is 14.5 Å². The molecule has 2 aromatic rings. The molecule has 10 heteroatoms. The first-order valence-electron chi connectivity index (χ1n) is 7.30. The number of nitrogens with two attached hydrogens (primary N) is 1. The van der Waals surface area contributed by atoms with Gasteiger partial charge in [0, 0.05) is 34.6 Å². The quantitative estimate of drug-likeness (QED) is 0.553. The van der Waals surface area contributed by atoms with Crippen LogP contribution in [0.5, 0.6) is 0 Å². The van der Waals surface area contributed by atoms with Crippen molar-refractivity contribution in [1.82, 2.24) is 9.88 Å². The van der Waals surface area contributed by atoms with Gasteiger partial charge < -0.3 is 5.73 Å². The molecular formula is C16H11Cl2N3O2S3. The van der Waals surface area contributed by atoms with Crippen molar-refractivity contribution in [3.05, 3.63) is 44.2 Å². The average Bonchev–Trinajstić information content (AvgIpc) is 3.14. The van der Waals surface area contributed by atoms with Crippen LogP contribution in [0.3, 0.4) is 0 Å². The maximum atomic E-state index is 12.5. The summed E-state index contributed by atoms with van der Waals surface area (Å²) >= 11 is 20.0. The minimum atomic E-state index is -0.478. The van der Waals surface area contributed by atoms with Gasteiger partial charge in [-0.15, -0.1) is 11.3 Å². The lowest BCUT2D eigenvalue weighted by Crippen LogP contribution is -2.31. The van der Waals surface area contributed by atoms with Crippen molar-refractivity contribution >= 4 is 80.7 Å². The number of amides is 2. The van der Waals surface area contributed by atoms with Gasteiger partial charge in [-0.2, -0.15) is 0 Å². The molecule has 0 atom stereocenters. The minimum Gasteiger partial charge on any atom is -0.370 e. The number of primary amides is 1. The lowest BCUT2D eigenvalue weighted by Gasteiger charge is -2.12. The lowest BCUT2D eigenvalue weighted by molar-refractivity contribution is -0.123. The molecule has 0 spiro atoms. The van der Waals surface area contributed by atoms with Crippen LogP contribution in [0.1, 0.15) is 11.3 Å². The summed E-state index contributed by atoms with van der Waals surface area (Å²) in [7, 11) is 0. The highest BCUT2D eigenvalue weighted by atomic mass is 35.5. The first kappa shape index (κ1) is 19.3. The standard InChI is InChI=1S/C16H11Cl2N3O2S3/c17-8-1-2-11(18)10(5-8)14-20-7-9(25-14)6-12-15(23)21(16(24)26-12)4-3-13(19)22/h1-2,5-7H,3-4H2,(H2,19,22)/b12-6-. The molecule has 5 nitrogen and oxygen atoms in total. The number of carbonyl (C=O) groups excluding carboxylic acids is 2. The molecule has 3 rings (SSSR count). The lowest BCUT2D eigenvalue weighted by atomic mass is 10.2. The van der Waals surface area contributed by atoms with Gasteiger partial charge in [0.15, 0.2) is 0 Å². The zero-order valence-corrected chi connectivity index (χ0v) is 17.0. The van der Waals surface area contributed by atoms with E-state index in [1.165, 1.54) is 28.0 Å². The van der Waals surface area contributed by atoms with E-state index in [1.54, 1.807) is 30.5 Å². The molecule has 0 saturated carbocycles. The molecule has 26 heavy (non-hydrogen) atoms. The summed E-state index contributed by atoms with van der Waals surface area (Å²) in [5, 5.41) is 1.82. The average molecular weight is 444 g/mol. The van der Waals surface area contributed by atoms with Crippen LogP contribution in [0, 0.1) is 0 Å². The fraction of sp³-hybridized carbons (Fsp3) is 0.125. The van der Waals surface area contributed by atoms with Crippen molar-refractivity contribution in [3.8, 4) is 10.6 Å². The Morgan fingerprint density at radius 3 is 2.88 bits per heavy atom. The molecule has 0 radical (unpaired) electrons. The maximum Gasteiger partial charge on any atom is 0.266 e. The van der Waals surface area contributed by atoms with Crippen molar-refractivity contribution < 1.29 is 9.59 Å². The predicted molar refractivity (Wildman–Crippen MR) is 111 cm³/mol. The highest BCUT2D eigenvalue weighted by Crippen LogP contribution is 2.36. The second kappa shape index (κ2) is 8.06. The largest absolute Gasteiger partial charge is 0.370 e. The van der Waals surface area contributed by atoms with E-state index in [1.807, 2.05) is 0 Å². The minimum absolute atomic E-state index is 0.0672. The van der Waals surface area contributed by atoms with Crippen LogP contribution in [0.4, 0.5) is 0 Å².